The van der Waals surface area contributed by atoms with Crippen molar-refractivity contribution < 1.29 is 26.7 Å². The summed E-state index contributed by atoms with van der Waals surface area (Å²) < 4.78 is 0. The van der Waals surface area contributed by atoms with Crippen LogP contribution in [-0.4, -0.2) is 17.1 Å². The first-order valence-corrected chi connectivity index (χ1v) is 2.54. The fourth-order valence-corrected chi connectivity index (χ4v) is 0.285. The van der Waals surface area contributed by atoms with Gasteiger partial charge in [-0.15, -0.1) is 0 Å². The fourth-order valence-electron chi connectivity index (χ4n) is 0.285. The van der Waals surface area contributed by atoms with Crippen LogP contribution in [0.5, 0.6) is 0 Å². The van der Waals surface area contributed by atoms with Gasteiger partial charge in [0.05, 0.1) is 0 Å². The summed E-state index contributed by atoms with van der Waals surface area (Å²) in [6.07, 6.45) is 0. The van der Waals surface area contributed by atoms with Crippen molar-refractivity contribution in [2.24, 2.45) is 11.7 Å². The Labute approximate surface area is 64.8 Å². The zero-order valence-electron chi connectivity index (χ0n) is 5.42. The molecule has 1 radical (unpaired) electrons. The number of nitrogens with two attached hydrogens (primary N) is 1. The van der Waals surface area contributed by atoms with E-state index in [2.05, 4.69) is 0 Å². The second kappa shape index (κ2) is 4.78. The van der Waals surface area contributed by atoms with Gasteiger partial charge in [0.15, 0.2) is 0 Å². The number of carbonyl (C=O) groups is 1. The number of hydrogen-bond donors (Lipinski definition) is 2. The van der Waals surface area contributed by atoms with Crippen LogP contribution in [0.25, 0.3) is 0 Å². The van der Waals surface area contributed by atoms with Crippen molar-refractivity contribution in [3.8, 4) is 0 Å². The maximum Gasteiger partial charge on any atom is 0.320 e. The molecule has 0 spiro atoms. The molecule has 3 nitrogen and oxygen atoms in total. The first kappa shape index (κ1) is 11.7. The van der Waals surface area contributed by atoms with Crippen molar-refractivity contribution in [2.75, 3.05) is 0 Å². The Kier molecular flexibility index (Phi) is 6.22. The summed E-state index contributed by atoms with van der Waals surface area (Å²) in [4.78, 5) is 10.0. The van der Waals surface area contributed by atoms with Crippen LogP contribution in [-0.2, 0) is 21.6 Å². The van der Waals surface area contributed by atoms with Gasteiger partial charge in [-0.1, -0.05) is 13.8 Å². The Bertz CT molecular complexity index is 95.0. The van der Waals surface area contributed by atoms with E-state index in [4.69, 9.17) is 10.8 Å². The van der Waals surface area contributed by atoms with Crippen molar-refractivity contribution in [2.45, 2.75) is 19.9 Å². The fraction of sp³-hybridized carbons (Fsp3) is 0.800. The predicted molar refractivity (Wildman–Crippen MR) is 30.4 cm³/mol. The second-order valence-electron chi connectivity index (χ2n) is 2.11. The third-order valence-electron chi connectivity index (χ3n) is 1.00. The summed E-state index contributed by atoms with van der Waals surface area (Å²) in [7, 11) is 0. The summed E-state index contributed by atoms with van der Waals surface area (Å²) in [5.41, 5.74) is 5.16. The topological polar surface area (TPSA) is 63.3 Å². The molecule has 0 aromatic rings. The Morgan fingerprint density at radius 1 is 1.56 bits per heavy atom. The Hall–Kier alpha value is -0.0635. The smallest absolute Gasteiger partial charge is 0.320 e. The third kappa shape index (κ3) is 4.44. The van der Waals surface area contributed by atoms with Crippen LogP contribution in [0.1, 0.15) is 13.8 Å². The monoisotopic (exact) mass is 176 g/mol. The normalized spacial score (nSPS) is 12.4. The molecule has 0 bridgehead atoms. The summed E-state index contributed by atoms with van der Waals surface area (Å²) in [6.45, 7) is 3.55. The van der Waals surface area contributed by atoms with Crippen molar-refractivity contribution in [3.05, 3.63) is 0 Å². The molecule has 0 heterocycles. The second-order valence-corrected chi connectivity index (χ2v) is 2.11. The molecule has 3 N–H and O–H groups in total. The SMILES string of the molecule is CC(C)[C@H](N)C(=O)O.[Co]. The van der Waals surface area contributed by atoms with E-state index in [-0.39, 0.29) is 22.7 Å². The van der Waals surface area contributed by atoms with E-state index in [1.807, 2.05) is 0 Å². The van der Waals surface area contributed by atoms with Crippen molar-refractivity contribution in [1.29, 1.82) is 0 Å². The van der Waals surface area contributed by atoms with E-state index >= 15 is 0 Å². The number of aliphatic carboxylic acids is 1. The van der Waals surface area contributed by atoms with Gasteiger partial charge in [-0.2, -0.15) is 0 Å². The third-order valence-corrected chi connectivity index (χ3v) is 1.00. The first-order valence-electron chi connectivity index (χ1n) is 2.54. The van der Waals surface area contributed by atoms with Crippen molar-refractivity contribution in [1.82, 2.24) is 0 Å². The zero-order valence-corrected chi connectivity index (χ0v) is 6.46. The molecule has 0 aromatic heterocycles. The van der Waals surface area contributed by atoms with Crippen LogP contribution in [0.3, 0.4) is 0 Å². The average molecular weight is 176 g/mol. The maximum atomic E-state index is 10.0. The van der Waals surface area contributed by atoms with Gasteiger partial charge < -0.3 is 10.8 Å². The zero-order chi connectivity index (χ0) is 6.73. The molecule has 0 aromatic carbocycles. The molecule has 0 aliphatic heterocycles. The molecular weight excluding hydrogens is 165 g/mol. The van der Waals surface area contributed by atoms with E-state index in [0.717, 1.165) is 0 Å². The van der Waals surface area contributed by atoms with E-state index in [9.17, 15) is 4.79 Å². The van der Waals surface area contributed by atoms with Crippen molar-refractivity contribution >= 4 is 5.97 Å². The van der Waals surface area contributed by atoms with Gasteiger partial charge in [0, 0.05) is 16.8 Å². The van der Waals surface area contributed by atoms with E-state index < -0.39 is 12.0 Å². The molecular formula is C5H11CoNO2. The molecule has 0 rings (SSSR count). The van der Waals surface area contributed by atoms with Gasteiger partial charge in [0.2, 0.25) is 0 Å². The molecule has 1 atom stereocenters. The maximum absolute atomic E-state index is 10.0. The summed E-state index contributed by atoms with van der Waals surface area (Å²) in [6, 6.07) is -0.713. The minimum Gasteiger partial charge on any atom is -0.480 e. The largest absolute Gasteiger partial charge is 0.480 e. The minimum atomic E-state index is -0.931. The van der Waals surface area contributed by atoms with Crippen LogP contribution < -0.4 is 5.73 Å². The molecule has 0 saturated heterocycles. The molecule has 4 heteroatoms. The number of rotatable bonds is 2. The van der Waals surface area contributed by atoms with Gasteiger partial charge in [0.1, 0.15) is 6.04 Å². The van der Waals surface area contributed by atoms with Crippen molar-refractivity contribution in [3.63, 3.8) is 0 Å². The summed E-state index contributed by atoms with van der Waals surface area (Å²) in [5, 5.41) is 8.23. The Morgan fingerprint density at radius 2 is 1.89 bits per heavy atom. The van der Waals surface area contributed by atoms with E-state index in [1.54, 1.807) is 13.8 Å². The number of carboxylic acid groups (broad SMARTS) is 1. The van der Waals surface area contributed by atoms with Gasteiger partial charge in [-0.3, -0.25) is 4.79 Å². The number of hydrogen-bond acceptors (Lipinski definition) is 2. The summed E-state index contributed by atoms with van der Waals surface area (Å²) in [5.74, 6) is -0.910. The first-order chi connectivity index (χ1) is 3.55. The van der Waals surface area contributed by atoms with Gasteiger partial charge in [-0.25, -0.2) is 0 Å². The van der Waals surface area contributed by atoms with E-state index in [0.29, 0.717) is 0 Å². The Morgan fingerprint density at radius 3 is 1.89 bits per heavy atom. The van der Waals surface area contributed by atoms with Crippen LogP contribution >= 0.6 is 0 Å². The van der Waals surface area contributed by atoms with Gasteiger partial charge in [0.25, 0.3) is 0 Å². The molecule has 0 aliphatic carbocycles. The van der Waals surface area contributed by atoms with Crippen LogP contribution in [0.2, 0.25) is 0 Å². The Balaban J connectivity index is 0. The van der Waals surface area contributed by atoms with Crippen LogP contribution in [0, 0.1) is 5.92 Å². The predicted octanol–water partition coefficient (Wildman–Crippen LogP) is 0.0518. The molecule has 0 amide bonds. The molecule has 57 valence electrons. The van der Waals surface area contributed by atoms with E-state index in [1.165, 1.54) is 0 Å². The minimum absolute atomic E-state index is 0. The molecule has 0 unspecified atom stereocenters. The average Bonchev–Trinajstić information content (AvgIpc) is 1.64. The molecule has 0 fully saturated rings. The van der Waals surface area contributed by atoms with Gasteiger partial charge in [-0.05, 0) is 5.92 Å². The molecule has 9 heavy (non-hydrogen) atoms. The molecule has 0 aliphatic rings. The number of carboxylic acids is 1. The standard InChI is InChI=1S/C5H11NO2.Co/c1-3(2)4(6)5(7)8;/h3-4H,6H2,1-2H3,(H,7,8);/t4-;/m0./s1. The van der Waals surface area contributed by atoms with Crippen LogP contribution in [0.15, 0.2) is 0 Å². The summed E-state index contributed by atoms with van der Waals surface area (Å²) >= 11 is 0. The quantitative estimate of drug-likeness (QED) is 0.624. The molecule has 0 saturated carbocycles. The van der Waals surface area contributed by atoms with Gasteiger partial charge >= 0.3 is 5.97 Å². The van der Waals surface area contributed by atoms with Crippen LogP contribution in [0.4, 0.5) is 0 Å².